The van der Waals surface area contributed by atoms with E-state index in [2.05, 4.69) is 14.7 Å². The fourth-order valence-corrected chi connectivity index (χ4v) is 3.19. The Balaban J connectivity index is 1.93. The zero-order valence-electron chi connectivity index (χ0n) is 11.1. The number of rotatable bonds is 6. The summed E-state index contributed by atoms with van der Waals surface area (Å²) in [5, 5.41) is 0. The molecule has 0 amide bonds. The molecule has 2 rings (SSSR count). The molecule has 0 saturated carbocycles. The molecular weight excluding hydrogens is 281 g/mol. The highest BCUT2D eigenvalue weighted by Gasteiger charge is 2.16. The maximum absolute atomic E-state index is 13.0. The minimum Gasteiger partial charge on any atom is -0.349 e. The molecule has 108 valence electrons. The smallest absolute Gasteiger partial charge is 0.240 e. The molecule has 0 aliphatic rings. The van der Waals surface area contributed by atoms with Crippen LogP contribution in [0.1, 0.15) is 17.8 Å². The first-order valence-corrected chi connectivity index (χ1v) is 7.71. The molecule has 0 atom stereocenters. The molecule has 20 heavy (non-hydrogen) atoms. The third-order valence-corrected chi connectivity index (χ3v) is 4.49. The van der Waals surface area contributed by atoms with E-state index in [4.69, 9.17) is 0 Å². The largest absolute Gasteiger partial charge is 0.349 e. The Bertz CT molecular complexity index is 669. The first kappa shape index (κ1) is 14.7. The summed E-state index contributed by atoms with van der Waals surface area (Å²) in [6.07, 6.45) is 4.67. The van der Waals surface area contributed by atoms with Gasteiger partial charge in [-0.25, -0.2) is 22.5 Å². The van der Waals surface area contributed by atoms with Gasteiger partial charge in [0.15, 0.2) is 0 Å². The van der Waals surface area contributed by atoms with Gasteiger partial charge < -0.3 is 4.98 Å². The fraction of sp³-hybridized carbons (Fsp3) is 0.308. The zero-order chi connectivity index (χ0) is 14.6. The Morgan fingerprint density at radius 3 is 2.85 bits per heavy atom. The highest BCUT2D eigenvalue weighted by Crippen LogP contribution is 2.15. The summed E-state index contributed by atoms with van der Waals surface area (Å²) in [6, 6.07) is 3.63. The van der Waals surface area contributed by atoms with Gasteiger partial charge in [0.1, 0.15) is 11.6 Å². The number of aromatic nitrogens is 2. The first-order valence-electron chi connectivity index (χ1n) is 6.23. The average Bonchev–Trinajstić information content (AvgIpc) is 2.87. The lowest BCUT2D eigenvalue weighted by Gasteiger charge is -2.09. The van der Waals surface area contributed by atoms with Crippen molar-refractivity contribution in [2.75, 3.05) is 6.54 Å². The number of hydrogen-bond donors (Lipinski definition) is 2. The van der Waals surface area contributed by atoms with E-state index in [0.29, 0.717) is 24.9 Å². The Morgan fingerprint density at radius 1 is 1.40 bits per heavy atom. The van der Waals surface area contributed by atoms with E-state index < -0.39 is 15.8 Å². The number of imidazole rings is 1. The number of halogens is 1. The van der Waals surface area contributed by atoms with Crippen molar-refractivity contribution in [3.8, 4) is 0 Å². The van der Waals surface area contributed by atoms with Crippen molar-refractivity contribution in [1.82, 2.24) is 14.7 Å². The Hall–Kier alpha value is -1.73. The van der Waals surface area contributed by atoms with Gasteiger partial charge in [-0.05, 0) is 37.1 Å². The topological polar surface area (TPSA) is 74.8 Å². The minimum absolute atomic E-state index is 0.108. The molecule has 0 fully saturated rings. The van der Waals surface area contributed by atoms with Crippen molar-refractivity contribution in [1.29, 1.82) is 0 Å². The molecule has 1 aromatic carbocycles. The summed E-state index contributed by atoms with van der Waals surface area (Å²) in [7, 11) is -3.60. The third kappa shape index (κ3) is 3.64. The number of aryl methyl sites for hydroxylation is 2. The van der Waals surface area contributed by atoms with Crippen LogP contribution in [0.5, 0.6) is 0 Å². The normalized spacial score (nSPS) is 11.7. The SMILES string of the molecule is Cc1cc(F)ccc1S(=O)(=O)NCCCc1ncc[nH]1. The van der Waals surface area contributed by atoms with Gasteiger partial charge in [0.25, 0.3) is 0 Å². The van der Waals surface area contributed by atoms with Crippen molar-refractivity contribution in [3.63, 3.8) is 0 Å². The summed E-state index contributed by atoms with van der Waals surface area (Å²) < 4.78 is 39.6. The lowest BCUT2D eigenvalue weighted by atomic mass is 10.2. The maximum atomic E-state index is 13.0. The molecule has 0 aliphatic carbocycles. The summed E-state index contributed by atoms with van der Waals surface area (Å²) in [4.78, 5) is 7.12. The number of nitrogens with zero attached hydrogens (tertiary/aromatic N) is 1. The molecule has 1 heterocycles. The van der Waals surface area contributed by atoms with E-state index in [1.54, 1.807) is 19.3 Å². The summed E-state index contributed by atoms with van der Waals surface area (Å²) in [6.45, 7) is 1.88. The second-order valence-electron chi connectivity index (χ2n) is 4.45. The molecular formula is C13H16FN3O2S. The number of nitrogens with one attached hydrogen (secondary N) is 2. The van der Waals surface area contributed by atoms with Gasteiger partial charge in [-0.15, -0.1) is 0 Å². The van der Waals surface area contributed by atoms with Crippen LogP contribution >= 0.6 is 0 Å². The minimum atomic E-state index is -3.60. The standard InChI is InChI=1S/C13H16FN3O2S/c1-10-9-11(14)4-5-12(10)20(18,19)17-6-2-3-13-15-7-8-16-13/h4-5,7-9,17H,2-3,6H2,1H3,(H,15,16). The van der Waals surface area contributed by atoms with E-state index in [9.17, 15) is 12.8 Å². The molecule has 0 radical (unpaired) electrons. The molecule has 5 nitrogen and oxygen atoms in total. The van der Waals surface area contributed by atoms with E-state index in [1.807, 2.05) is 0 Å². The monoisotopic (exact) mass is 297 g/mol. The van der Waals surface area contributed by atoms with E-state index >= 15 is 0 Å². The van der Waals surface area contributed by atoms with Crippen LogP contribution in [0.3, 0.4) is 0 Å². The predicted octanol–water partition coefficient (Wildman–Crippen LogP) is 1.77. The predicted molar refractivity (Wildman–Crippen MR) is 73.2 cm³/mol. The van der Waals surface area contributed by atoms with Crippen LogP contribution in [0, 0.1) is 12.7 Å². The summed E-state index contributed by atoms with van der Waals surface area (Å²) >= 11 is 0. The van der Waals surface area contributed by atoms with Crippen molar-refractivity contribution in [3.05, 3.63) is 47.8 Å². The van der Waals surface area contributed by atoms with Crippen molar-refractivity contribution < 1.29 is 12.8 Å². The molecule has 0 saturated heterocycles. The first-order chi connectivity index (χ1) is 9.49. The molecule has 2 N–H and O–H groups in total. The second-order valence-corrected chi connectivity index (χ2v) is 6.18. The Labute approximate surface area is 117 Å². The van der Waals surface area contributed by atoms with Gasteiger partial charge in [0, 0.05) is 25.4 Å². The lowest BCUT2D eigenvalue weighted by Crippen LogP contribution is -2.26. The van der Waals surface area contributed by atoms with Crippen LogP contribution in [0.15, 0.2) is 35.5 Å². The van der Waals surface area contributed by atoms with E-state index in [-0.39, 0.29) is 4.90 Å². The Morgan fingerprint density at radius 2 is 2.20 bits per heavy atom. The van der Waals surface area contributed by atoms with Crippen LogP contribution in [0.25, 0.3) is 0 Å². The molecule has 7 heteroatoms. The van der Waals surface area contributed by atoms with Gasteiger partial charge in [0.2, 0.25) is 10.0 Å². The van der Waals surface area contributed by atoms with Gasteiger partial charge in [-0.1, -0.05) is 0 Å². The summed E-state index contributed by atoms with van der Waals surface area (Å²) in [5.74, 6) is 0.376. The number of benzene rings is 1. The zero-order valence-corrected chi connectivity index (χ0v) is 11.9. The maximum Gasteiger partial charge on any atom is 0.240 e. The number of sulfonamides is 1. The molecule has 0 bridgehead atoms. The second kappa shape index (κ2) is 6.15. The van der Waals surface area contributed by atoms with Crippen LogP contribution in [-0.4, -0.2) is 24.9 Å². The molecule has 1 aromatic heterocycles. The van der Waals surface area contributed by atoms with Gasteiger partial charge >= 0.3 is 0 Å². The van der Waals surface area contributed by atoms with E-state index in [0.717, 1.165) is 11.9 Å². The third-order valence-electron chi connectivity index (χ3n) is 2.86. The van der Waals surface area contributed by atoms with Gasteiger partial charge in [-0.3, -0.25) is 0 Å². The fourth-order valence-electron chi connectivity index (χ4n) is 1.89. The molecule has 0 unspecified atom stereocenters. The van der Waals surface area contributed by atoms with Crippen molar-refractivity contribution in [2.45, 2.75) is 24.7 Å². The molecule has 0 aliphatic heterocycles. The average molecular weight is 297 g/mol. The quantitative estimate of drug-likeness (QED) is 0.798. The highest BCUT2D eigenvalue weighted by atomic mass is 32.2. The van der Waals surface area contributed by atoms with Crippen LogP contribution in [-0.2, 0) is 16.4 Å². The van der Waals surface area contributed by atoms with E-state index in [1.165, 1.54) is 12.1 Å². The molecule has 0 spiro atoms. The van der Waals surface area contributed by atoms with Gasteiger partial charge in [0.05, 0.1) is 4.90 Å². The van der Waals surface area contributed by atoms with Crippen LogP contribution in [0.4, 0.5) is 4.39 Å². The lowest BCUT2D eigenvalue weighted by molar-refractivity contribution is 0.576. The summed E-state index contributed by atoms with van der Waals surface area (Å²) in [5.41, 5.74) is 0.392. The number of hydrogen-bond acceptors (Lipinski definition) is 3. The Kier molecular flexibility index (Phi) is 4.51. The molecule has 2 aromatic rings. The highest BCUT2D eigenvalue weighted by molar-refractivity contribution is 7.89. The number of aromatic amines is 1. The van der Waals surface area contributed by atoms with Gasteiger partial charge in [-0.2, -0.15) is 0 Å². The van der Waals surface area contributed by atoms with Crippen LogP contribution < -0.4 is 4.72 Å². The van der Waals surface area contributed by atoms with Crippen molar-refractivity contribution >= 4 is 10.0 Å². The number of H-pyrrole nitrogens is 1. The van der Waals surface area contributed by atoms with Crippen LogP contribution in [0.2, 0.25) is 0 Å². The van der Waals surface area contributed by atoms with Crippen molar-refractivity contribution in [2.24, 2.45) is 0 Å².